The number of halogens is 2. The van der Waals surface area contributed by atoms with E-state index in [4.69, 9.17) is 27.9 Å². The zero-order valence-electron chi connectivity index (χ0n) is 13.6. The van der Waals surface area contributed by atoms with Gasteiger partial charge in [0.25, 0.3) is 0 Å². The van der Waals surface area contributed by atoms with Crippen LogP contribution in [0.1, 0.15) is 24.2 Å². The lowest BCUT2D eigenvalue weighted by Gasteiger charge is -2.22. The lowest BCUT2D eigenvalue weighted by molar-refractivity contribution is 0.0720. The van der Waals surface area contributed by atoms with E-state index in [1.807, 2.05) is 55.5 Å². The summed E-state index contributed by atoms with van der Waals surface area (Å²) >= 11 is 12.0. The summed E-state index contributed by atoms with van der Waals surface area (Å²) in [6, 6.07) is 15.6. The fourth-order valence-electron chi connectivity index (χ4n) is 2.81. The molecule has 3 rings (SSSR count). The standard InChI is InChI=1S/C19H20Cl2N2O/c1-14-22-10-11-23(14)12-13-24-19(15-2-6-17(20)7-3-15)16-4-8-18(21)9-5-16/h2-9,19H,10-13H2,1H3. The second-order valence-corrected chi connectivity index (χ2v) is 6.64. The highest BCUT2D eigenvalue weighted by molar-refractivity contribution is 6.30. The molecule has 0 amide bonds. The highest BCUT2D eigenvalue weighted by atomic mass is 35.5. The number of rotatable bonds is 6. The van der Waals surface area contributed by atoms with E-state index >= 15 is 0 Å². The van der Waals surface area contributed by atoms with E-state index < -0.39 is 0 Å². The van der Waals surface area contributed by atoms with Gasteiger partial charge in [-0.3, -0.25) is 4.99 Å². The quantitative estimate of drug-likeness (QED) is 0.734. The van der Waals surface area contributed by atoms with Gasteiger partial charge < -0.3 is 9.64 Å². The normalized spacial score (nSPS) is 14.3. The molecule has 0 atom stereocenters. The lowest BCUT2D eigenvalue weighted by atomic mass is 10.0. The van der Waals surface area contributed by atoms with Crippen molar-refractivity contribution in [1.82, 2.24) is 4.90 Å². The minimum absolute atomic E-state index is 0.139. The first kappa shape index (κ1) is 17.3. The Kier molecular flexibility index (Phi) is 5.77. The second kappa shape index (κ2) is 8.02. The molecule has 1 aliphatic heterocycles. The Labute approximate surface area is 152 Å². The van der Waals surface area contributed by atoms with Crippen LogP contribution in [0.4, 0.5) is 0 Å². The molecule has 0 saturated carbocycles. The number of aliphatic imine (C=N–C) groups is 1. The van der Waals surface area contributed by atoms with Crippen LogP contribution >= 0.6 is 23.2 Å². The van der Waals surface area contributed by atoms with Gasteiger partial charge in [0, 0.05) is 23.1 Å². The van der Waals surface area contributed by atoms with Gasteiger partial charge in [-0.05, 0) is 42.3 Å². The van der Waals surface area contributed by atoms with Gasteiger partial charge in [-0.1, -0.05) is 47.5 Å². The molecule has 0 fully saturated rings. The van der Waals surface area contributed by atoms with E-state index in [1.54, 1.807) is 0 Å². The van der Waals surface area contributed by atoms with Gasteiger partial charge in [0.15, 0.2) is 0 Å². The van der Waals surface area contributed by atoms with Gasteiger partial charge in [-0.25, -0.2) is 0 Å². The molecule has 0 aliphatic carbocycles. The third-order valence-corrected chi connectivity index (χ3v) is 4.66. The monoisotopic (exact) mass is 362 g/mol. The van der Waals surface area contributed by atoms with Crippen molar-refractivity contribution in [3.05, 3.63) is 69.7 Å². The number of benzene rings is 2. The molecule has 0 unspecified atom stereocenters. The van der Waals surface area contributed by atoms with Crippen LogP contribution in [-0.2, 0) is 4.74 Å². The predicted molar refractivity (Wildman–Crippen MR) is 100 cm³/mol. The fourth-order valence-corrected chi connectivity index (χ4v) is 3.06. The first-order chi connectivity index (χ1) is 11.6. The molecule has 2 aromatic carbocycles. The average molecular weight is 363 g/mol. The van der Waals surface area contributed by atoms with Crippen molar-refractivity contribution in [1.29, 1.82) is 0 Å². The molecule has 0 radical (unpaired) electrons. The van der Waals surface area contributed by atoms with Crippen molar-refractivity contribution in [3.63, 3.8) is 0 Å². The van der Waals surface area contributed by atoms with E-state index in [9.17, 15) is 0 Å². The van der Waals surface area contributed by atoms with Crippen molar-refractivity contribution in [2.75, 3.05) is 26.2 Å². The van der Waals surface area contributed by atoms with Crippen molar-refractivity contribution >= 4 is 29.0 Å². The van der Waals surface area contributed by atoms with Gasteiger partial charge in [0.2, 0.25) is 0 Å². The summed E-state index contributed by atoms with van der Waals surface area (Å²) in [5, 5.41) is 1.44. The maximum atomic E-state index is 6.22. The van der Waals surface area contributed by atoms with Crippen molar-refractivity contribution < 1.29 is 4.74 Å². The molecular weight excluding hydrogens is 343 g/mol. The Morgan fingerprint density at radius 3 is 2.00 bits per heavy atom. The summed E-state index contributed by atoms with van der Waals surface area (Å²) in [6.45, 7) is 5.37. The van der Waals surface area contributed by atoms with E-state index in [2.05, 4.69) is 9.89 Å². The van der Waals surface area contributed by atoms with Crippen LogP contribution in [0.25, 0.3) is 0 Å². The number of nitrogens with zero attached hydrogens (tertiary/aromatic N) is 2. The Balaban J connectivity index is 1.73. The van der Waals surface area contributed by atoms with Crippen molar-refractivity contribution in [2.24, 2.45) is 4.99 Å². The van der Waals surface area contributed by atoms with Crippen molar-refractivity contribution in [2.45, 2.75) is 13.0 Å². The third kappa shape index (κ3) is 4.29. The molecule has 0 bridgehead atoms. The van der Waals surface area contributed by atoms with Crippen LogP contribution < -0.4 is 0 Å². The maximum absolute atomic E-state index is 6.22. The Bertz CT molecular complexity index is 653. The predicted octanol–water partition coefficient (Wildman–Crippen LogP) is 4.83. The van der Waals surface area contributed by atoms with Crippen molar-refractivity contribution in [3.8, 4) is 0 Å². The van der Waals surface area contributed by atoms with Gasteiger partial charge in [0.1, 0.15) is 6.10 Å². The molecule has 5 heteroatoms. The number of hydrogen-bond acceptors (Lipinski definition) is 3. The zero-order valence-corrected chi connectivity index (χ0v) is 15.1. The van der Waals surface area contributed by atoms with E-state index in [-0.39, 0.29) is 6.10 Å². The Morgan fingerprint density at radius 2 is 1.54 bits per heavy atom. The van der Waals surface area contributed by atoms with Crippen LogP contribution in [-0.4, -0.2) is 37.0 Å². The summed E-state index contributed by atoms with van der Waals surface area (Å²) in [5.41, 5.74) is 2.15. The summed E-state index contributed by atoms with van der Waals surface area (Å²) in [5.74, 6) is 1.09. The summed E-state index contributed by atoms with van der Waals surface area (Å²) in [6.07, 6.45) is -0.139. The van der Waals surface area contributed by atoms with Crippen LogP contribution in [0, 0.1) is 0 Å². The number of hydrogen-bond donors (Lipinski definition) is 0. The van der Waals surface area contributed by atoms with E-state index in [0.29, 0.717) is 6.61 Å². The summed E-state index contributed by atoms with van der Waals surface area (Å²) in [4.78, 5) is 6.66. The first-order valence-corrected chi connectivity index (χ1v) is 8.77. The molecule has 24 heavy (non-hydrogen) atoms. The summed E-state index contributed by atoms with van der Waals surface area (Å²) < 4.78 is 6.22. The SMILES string of the molecule is CC1=NCCN1CCOC(c1ccc(Cl)cc1)c1ccc(Cl)cc1. The highest BCUT2D eigenvalue weighted by Gasteiger charge is 2.17. The van der Waals surface area contributed by atoms with E-state index in [1.165, 1.54) is 0 Å². The molecule has 126 valence electrons. The Morgan fingerprint density at radius 1 is 1.00 bits per heavy atom. The van der Waals surface area contributed by atoms with Gasteiger partial charge in [-0.15, -0.1) is 0 Å². The summed E-state index contributed by atoms with van der Waals surface area (Å²) in [7, 11) is 0. The molecule has 1 heterocycles. The fraction of sp³-hybridized carbons (Fsp3) is 0.316. The van der Waals surface area contributed by atoms with Gasteiger partial charge in [-0.2, -0.15) is 0 Å². The minimum Gasteiger partial charge on any atom is -0.367 e. The molecule has 3 nitrogen and oxygen atoms in total. The molecule has 2 aromatic rings. The lowest BCUT2D eigenvalue weighted by Crippen LogP contribution is -2.30. The molecule has 0 aromatic heterocycles. The number of ether oxygens (including phenoxy) is 1. The molecule has 0 saturated heterocycles. The smallest absolute Gasteiger partial charge is 0.108 e. The molecule has 1 aliphatic rings. The molecule has 0 spiro atoms. The second-order valence-electron chi connectivity index (χ2n) is 5.77. The van der Waals surface area contributed by atoms with Crippen LogP contribution in [0.2, 0.25) is 10.0 Å². The van der Waals surface area contributed by atoms with Gasteiger partial charge in [0.05, 0.1) is 19.0 Å². The molecular formula is C19H20Cl2N2O. The van der Waals surface area contributed by atoms with E-state index in [0.717, 1.165) is 46.6 Å². The third-order valence-electron chi connectivity index (χ3n) is 4.16. The van der Waals surface area contributed by atoms with Crippen LogP contribution in [0.5, 0.6) is 0 Å². The first-order valence-electron chi connectivity index (χ1n) is 8.02. The van der Waals surface area contributed by atoms with Crippen LogP contribution in [0.3, 0.4) is 0 Å². The minimum atomic E-state index is -0.139. The topological polar surface area (TPSA) is 24.8 Å². The average Bonchev–Trinajstić information content (AvgIpc) is 2.99. The maximum Gasteiger partial charge on any atom is 0.108 e. The largest absolute Gasteiger partial charge is 0.367 e. The molecule has 0 N–H and O–H groups in total. The zero-order chi connectivity index (χ0) is 16.9. The Hall–Kier alpha value is -1.55. The highest BCUT2D eigenvalue weighted by Crippen LogP contribution is 2.28. The van der Waals surface area contributed by atoms with Gasteiger partial charge >= 0.3 is 0 Å². The van der Waals surface area contributed by atoms with Crippen LogP contribution in [0.15, 0.2) is 53.5 Å². The number of amidine groups is 1.